The third-order valence-electron chi connectivity index (χ3n) is 3.59. The summed E-state index contributed by atoms with van der Waals surface area (Å²) in [4.78, 5) is 47.9. The molecule has 0 aliphatic carbocycles. The third kappa shape index (κ3) is 7.69. The molecule has 148 valence electrons. The zero-order chi connectivity index (χ0) is 20.4. The molecule has 27 heavy (non-hydrogen) atoms. The van der Waals surface area contributed by atoms with Crippen LogP contribution in [0.3, 0.4) is 0 Å². The maximum absolute atomic E-state index is 12.6. The van der Waals surface area contributed by atoms with Crippen LogP contribution in [0, 0.1) is 5.92 Å². The number of nitrogens with two attached hydrogens (primary N) is 1. The number of ether oxygens (including phenoxy) is 1. The van der Waals surface area contributed by atoms with E-state index in [-0.39, 0.29) is 5.92 Å². The average Bonchev–Trinajstić information content (AvgIpc) is 2.62. The first-order chi connectivity index (χ1) is 12.8. The molecule has 4 N–H and O–H groups in total. The molecule has 0 bridgehead atoms. The van der Waals surface area contributed by atoms with Crippen LogP contribution in [0.25, 0.3) is 0 Å². The van der Waals surface area contributed by atoms with Gasteiger partial charge in [0.1, 0.15) is 6.04 Å². The van der Waals surface area contributed by atoms with Crippen LogP contribution in [0.4, 0.5) is 4.79 Å². The van der Waals surface area contributed by atoms with Crippen molar-refractivity contribution in [3.05, 3.63) is 35.9 Å². The van der Waals surface area contributed by atoms with Crippen LogP contribution in [-0.4, -0.2) is 48.0 Å². The molecule has 0 saturated heterocycles. The molecule has 0 aromatic heterocycles. The Bertz CT molecular complexity index is 666. The summed E-state index contributed by atoms with van der Waals surface area (Å²) in [5.74, 6) is -1.74. The zero-order valence-electron chi connectivity index (χ0n) is 15.6. The van der Waals surface area contributed by atoms with E-state index in [1.54, 1.807) is 44.2 Å². The molecule has 1 rings (SSSR count). The molecular formula is C18H25N3O5S. The van der Waals surface area contributed by atoms with E-state index in [1.807, 2.05) is 11.6 Å². The Labute approximate surface area is 162 Å². The summed E-state index contributed by atoms with van der Waals surface area (Å²) in [6, 6.07) is 6.51. The molecule has 2 atom stereocenters. The zero-order valence-corrected chi connectivity index (χ0v) is 16.4. The SMILES string of the molecule is CSCC[C@@H](NC(=O)c1ccccc1)C(=O)O[C@H](C(=O)NC(N)=O)C(C)C. The number of rotatable bonds is 9. The van der Waals surface area contributed by atoms with Crippen molar-refractivity contribution in [1.29, 1.82) is 0 Å². The Balaban J connectivity index is 2.87. The summed E-state index contributed by atoms with van der Waals surface area (Å²) in [5.41, 5.74) is 5.36. The Kier molecular flexibility index (Phi) is 9.35. The standard InChI is InChI=1S/C18H25N3O5S/c1-11(2)14(16(23)21-18(19)25)26-17(24)13(9-10-27-3)20-15(22)12-7-5-4-6-8-12/h4-8,11,13-14H,9-10H2,1-3H3,(H,20,22)(H3,19,21,23,25)/t13-,14+/m1/s1. The maximum Gasteiger partial charge on any atom is 0.329 e. The van der Waals surface area contributed by atoms with Crippen molar-refractivity contribution in [1.82, 2.24) is 10.6 Å². The number of imide groups is 1. The summed E-state index contributed by atoms with van der Waals surface area (Å²) < 4.78 is 5.29. The summed E-state index contributed by atoms with van der Waals surface area (Å²) in [6.45, 7) is 3.33. The predicted octanol–water partition coefficient (Wildman–Crippen LogP) is 1.30. The molecule has 4 amide bonds. The highest BCUT2D eigenvalue weighted by Gasteiger charge is 2.31. The second-order valence-electron chi connectivity index (χ2n) is 6.13. The molecule has 0 fully saturated rings. The number of hydrogen-bond acceptors (Lipinski definition) is 6. The van der Waals surface area contributed by atoms with Crippen LogP contribution in [0.5, 0.6) is 0 Å². The number of benzene rings is 1. The minimum atomic E-state index is -1.20. The van der Waals surface area contributed by atoms with E-state index >= 15 is 0 Å². The molecule has 0 heterocycles. The predicted molar refractivity (Wildman–Crippen MR) is 103 cm³/mol. The molecule has 0 spiro atoms. The lowest BCUT2D eigenvalue weighted by Crippen LogP contribution is -2.49. The second kappa shape index (κ2) is 11.2. The first-order valence-electron chi connectivity index (χ1n) is 8.41. The number of hydrogen-bond donors (Lipinski definition) is 3. The minimum absolute atomic E-state index is 0.334. The minimum Gasteiger partial charge on any atom is -0.450 e. The van der Waals surface area contributed by atoms with Gasteiger partial charge in [0.15, 0.2) is 6.10 Å². The molecule has 1 aromatic rings. The van der Waals surface area contributed by atoms with Gasteiger partial charge in [-0.15, -0.1) is 0 Å². The number of amides is 4. The second-order valence-corrected chi connectivity index (χ2v) is 7.11. The summed E-state index contributed by atoms with van der Waals surface area (Å²) in [6.07, 6.45) is 1.01. The van der Waals surface area contributed by atoms with Crippen molar-refractivity contribution in [3.63, 3.8) is 0 Å². The van der Waals surface area contributed by atoms with E-state index < -0.39 is 36.0 Å². The quantitative estimate of drug-likeness (QED) is 0.541. The maximum atomic E-state index is 12.6. The van der Waals surface area contributed by atoms with Crippen molar-refractivity contribution >= 4 is 35.6 Å². The fourth-order valence-corrected chi connectivity index (χ4v) is 2.68. The molecule has 0 aliphatic rings. The van der Waals surface area contributed by atoms with Crippen molar-refractivity contribution in [3.8, 4) is 0 Å². The van der Waals surface area contributed by atoms with Gasteiger partial charge in [0.2, 0.25) is 0 Å². The van der Waals surface area contributed by atoms with Crippen LogP contribution in [-0.2, 0) is 14.3 Å². The number of primary amides is 1. The van der Waals surface area contributed by atoms with Crippen LogP contribution >= 0.6 is 11.8 Å². The molecule has 8 nitrogen and oxygen atoms in total. The molecule has 9 heteroatoms. The smallest absolute Gasteiger partial charge is 0.329 e. The summed E-state index contributed by atoms with van der Waals surface area (Å²) in [7, 11) is 0. The van der Waals surface area contributed by atoms with Gasteiger partial charge in [0, 0.05) is 5.56 Å². The van der Waals surface area contributed by atoms with Crippen LogP contribution in [0.2, 0.25) is 0 Å². The van der Waals surface area contributed by atoms with Crippen molar-refractivity contribution in [2.75, 3.05) is 12.0 Å². The Morgan fingerprint density at radius 2 is 1.78 bits per heavy atom. The first-order valence-corrected chi connectivity index (χ1v) is 9.81. The number of nitrogens with one attached hydrogen (secondary N) is 2. The number of carbonyl (C=O) groups excluding carboxylic acids is 4. The topological polar surface area (TPSA) is 128 Å². The van der Waals surface area contributed by atoms with Gasteiger partial charge >= 0.3 is 12.0 Å². The monoisotopic (exact) mass is 395 g/mol. The number of urea groups is 1. The Hall–Kier alpha value is -2.55. The van der Waals surface area contributed by atoms with E-state index in [0.717, 1.165) is 0 Å². The molecule has 0 radical (unpaired) electrons. The van der Waals surface area contributed by atoms with Gasteiger partial charge in [-0.2, -0.15) is 11.8 Å². The van der Waals surface area contributed by atoms with E-state index in [0.29, 0.717) is 17.7 Å². The van der Waals surface area contributed by atoms with Gasteiger partial charge in [-0.3, -0.25) is 14.9 Å². The highest BCUT2D eigenvalue weighted by Crippen LogP contribution is 2.11. The first kappa shape index (κ1) is 22.5. The summed E-state index contributed by atoms with van der Waals surface area (Å²) >= 11 is 1.51. The van der Waals surface area contributed by atoms with Gasteiger partial charge in [0.25, 0.3) is 11.8 Å². The largest absolute Gasteiger partial charge is 0.450 e. The van der Waals surface area contributed by atoms with Crippen LogP contribution < -0.4 is 16.4 Å². The number of carbonyl (C=O) groups is 4. The van der Waals surface area contributed by atoms with Gasteiger partial charge in [-0.1, -0.05) is 32.0 Å². The molecule has 0 saturated carbocycles. The van der Waals surface area contributed by atoms with Crippen LogP contribution in [0.15, 0.2) is 30.3 Å². The Morgan fingerprint density at radius 3 is 2.30 bits per heavy atom. The van der Waals surface area contributed by atoms with E-state index in [4.69, 9.17) is 10.5 Å². The third-order valence-corrected chi connectivity index (χ3v) is 4.23. The molecular weight excluding hydrogens is 370 g/mol. The highest BCUT2D eigenvalue weighted by atomic mass is 32.2. The fourth-order valence-electron chi connectivity index (χ4n) is 2.21. The molecule has 0 unspecified atom stereocenters. The van der Waals surface area contributed by atoms with Gasteiger partial charge in [0.05, 0.1) is 0 Å². The van der Waals surface area contributed by atoms with Crippen molar-refractivity contribution < 1.29 is 23.9 Å². The highest BCUT2D eigenvalue weighted by molar-refractivity contribution is 7.98. The van der Waals surface area contributed by atoms with Crippen LogP contribution in [0.1, 0.15) is 30.6 Å². The van der Waals surface area contributed by atoms with Crippen molar-refractivity contribution in [2.45, 2.75) is 32.4 Å². The lowest BCUT2D eigenvalue weighted by molar-refractivity contribution is -0.160. The van der Waals surface area contributed by atoms with E-state index in [9.17, 15) is 19.2 Å². The molecule has 1 aromatic carbocycles. The van der Waals surface area contributed by atoms with Gasteiger partial charge in [-0.05, 0) is 36.5 Å². The average molecular weight is 395 g/mol. The van der Waals surface area contributed by atoms with E-state index in [2.05, 4.69) is 5.32 Å². The lowest BCUT2D eigenvalue weighted by atomic mass is 10.1. The fraction of sp³-hybridized carbons (Fsp3) is 0.444. The molecule has 0 aliphatic heterocycles. The Morgan fingerprint density at radius 1 is 1.15 bits per heavy atom. The van der Waals surface area contributed by atoms with E-state index in [1.165, 1.54) is 11.8 Å². The number of thioether (sulfide) groups is 1. The number of esters is 1. The summed E-state index contributed by atoms with van der Waals surface area (Å²) in [5, 5.41) is 4.55. The van der Waals surface area contributed by atoms with Gasteiger partial charge < -0.3 is 15.8 Å². The normalized spacial score (nSPS) is 12.7. The lowest BCUT2D eigenvalue weighted by Gasteiger charge is -2.23. The van der Waals surface area contributed by atoms with Crippen molar-refractivity contribution in [2.24, 2.45) is 11.7 Å². The van der Waals surface area contributed by atoms with Gasteiger partial charge in [-0.25, -0.2) is 9.59 Å².